The van der Waals surface area contributed by atoms with Crippen LogP contribution < -0.4 is 0 Å². The third-order valence-electron chi connectivity index (χ3n) is 5.51. The van der Waals surface area contributed by atoms with E-state index in [1.54, 1.807) is 17.4 Å². The lowest BCUT2D eigenvalue weighted by atomic mass is 9.97. The highest BCUT2D eigenvalue weighted by Gasteiger charge is 2.28. The molecule has 0 atom stereocenters. The molecule has 2 aromatic heterocycles. The first-order valence-electron chi connectivity index (χ1n) is 9.86. The summed E-state index contributed by atoms with van der Waals surface area (Å²) in [5.74, 6) is 0.976. The third kappa shape index (κ3) is 3.56. The number of thiazole rings is 1. The highest BCUT2D eigenvalue weighted by Crippen LogP contribution is 2.34. The minimum Gasteiger partial charge on any atom is -0.355 e. The first kappa shape index (κ1) is 18.1. The van der Waals surface area contributed by atoms with Crippen molar-refractivity contribution in [3.63, 3.8) is 0 Å². The van der Waals surface area contributed by atoms with Crippen molar-refractivity contribution < 1.29 is 9.32 Å². The molecule has 0 aliphatic carbocycles. The summed E-state index contributed by atoms with van der Waals surface area (Å²) in [5, 5.41) is 5.20. The molecule has 1 aliphatic rings. The number of para-hydroxylation sites is 1. The maximum Gasteiger partial charge on any atom is 0.276 e. The molecule has 5 rings (SSSR count). The van der Waals surface area contributed by atoms with Crippen molar-refractivity contribution in [2.75, 3.05) is 13.1 Å². The fourth-order valence-corrected chi connectivity index (χ4v) is 4.92. The Balaban J connectivity index is 1.26. The Morgan fingerprint density at radius 3 is 2.62 bits per heavy atom. The van der Waals surface area contributed by atoms with E-state index < -0.39 is 0 Å². The van der Waals surface area contributed by atoms with Crippen LogP contribution in [0.3, 0.4) is 0 Å². The molecule has 0 N–H and O–H groups in total. The molecule has 4 aromatic rings. The number of rotatable bonds is 3. The summed E-state index contributed by atoms with van der Waals surface area (Å²) in [5.41, 5.74) is 3.55. The van der Waals surface area contributed by atoms with Gasteiger partial charge < -0.3 is 9.42 Å². The highest BCUT2D eigenvalue weighted by molar-refractivity contribution is 7.18. The molecular weight excluding hydrogens is 382 g/mol. The molecule has 3 heterocycles. The number of hydrogen-bond acceptors (Lipinski definition) is 5. The van der Waals surface area contributed by atoms with Crippen LogP contribution in [0.5, 0.6) is 0 Å². The van der Waals surface area contributed by atoms with E-state index in [0.29, 0.717) is 30.5 Å². The number of aromatic nitrogens is 2. The van der Waals surface area contributed by atoms with Gasteiger partial charge in [-0.25, -0.2) is 4.98 Å². The molecule has 0 radical (unpaired) electrons. The molecule has 6 heteroatoms. The van der Waals surface area contributed by atoms with Gasteiger partial charge in [-0.05, 0) is 31.9 Å². The number of benzene rings is 2. The zero-order valence-corrected chi connectivity index (χ0v) is 17.0. The van der Waals surface area contributed by atoms with E-state index in [4.69, 9.17) is 9.51 Å². The summed E-state index contributed by atoms with van der Waals surface area (Å²) < 4.78 is 6.65. The Morgan fingerprint density at radius 1 is 1.10 bits per heavy atom. The zero-order chi connectivity index (χ0) is 19.8. The zero-order valence-electron chi connectivity index (χ0n) is 16.2. The van der Waals surface area contributed by atoms with E-state index in [2.05, 4.69) is 17.3 Å². The van der Waals surface area contributed by atoms with E-state index in [0.717, 1.165) is 23.9 Å². The van der Waals surface area contributed by atoms with Crippen molar-refractivity contribution in [3.05, 3.63) is 70.9 Å². The predicted octanol–water partition coefficient (Wildman–Crippen LogP) is 5.28. The number of fused-ring (bicyclic) bond motifs is 1. The minimum absolute atomic E-state index is 0.0603. The van der Waals surface area contributed by atoms with Gasteiger partial charge in [-0.1, -0.05) is 47.1 Å². The van der Waals surface area contributed by atoms with Crippen molar-refractivity contribution in [2.45, 2.75) is 25.7 Å². The van der Waals surface area contributed by atoms with Crippen molar-refractivity contribution in [2.24, 2.45) is 0 Å². The van der Waals surface area contributed by atoms with E-state index in [1.807, 2.05) is 48.2 Å². The molecule has 1 aliphatic heterocycles. The molecule has 2 aromatic carbocycles. The topological polar surface area (TPSA) is 59.2 Å². The Labute approximate surface area is 173 Å². The number of hydrogen-bond donors (Lipinski definition) is 0. The maximum absolute atomic E-state index is 12.9. The first-order chi connectivity index (χ1) is 14.2. The Bertz CT molecular complexity index is 1120. The number of nitrogens with zero attached hydrogens (tertiary/aromatic N) is 3. The average molecular weight is 404 g/mol. The Hall–Kier alpha value is -2.99. The van der Waals surface area contributed by atoms with Crippen molar-refractivity contribution in [1.29, 1.82) is 0 Å². The van der Waals surface area contributed by atoms with Gasteiger partial charge in [0.15, 0.2) is 11.5 Å². The summed E-state index contributed by atoms with van der Waals surface area (Å²) in [7, 11) is 0. The summed E-state index contributed by atoms with van der Waals surface area (Å²) in [6, 6.07) is 18.0. The van der Waals surface area contributed by atoms with E-state index in [-0.39, 0.29) is 5.91 Å². The van der Waals surface area contributed by atoms with Crippen LogP contribution in [0.15, 0.2) is 59.1 Å². The molecular formula is C23H21N3O2S. The van der Waals surface area contributed by atoms with Gasteiger partial charge in [-0.15, -0.1) is 11.3 Å². The van der Waals surface area contributed by atoms with Crippen LogP contribution in [0.1, 0.15) is 39.8 Å². The van der Waals surface area contributed by atoms with E-state index >= 15 is 0 Å². The quantitative estimate of drug-likeness (QED) is 0.467. The van der Waals surface area contributed by atoms with E-state index in [9.17, 15) is 4.79 Å². The second-order valence-corrected chi connectivity index (χ2v) is 8.59. The lowest BCUT2D eigenvalue weighted by Gasteiger charge is -2.30. The number of carbonyl (C=O) groups excluding carboxylic acids is 1. The summed E-state index contributed by atoms with van der Waals surface area (Å²) >= 11 is 1.77. The number of piperidine rings is 1. The first-order valence-corrected chi connectivity index (χ1v) is 10.7. The average Bonchev–Trinajstić information content (AvgIpc) is 3.41. The summed E-state index contributed by atoms with van der Waals surface area (Å²) in [4.78, 5) is 19.5. The molecule has 29 heavy (non-hydrogen) atoms. The number of carbonyl (C=O) groups is 1. The molecule has 1 fully saturated rings. The van der Waals surface area contributed by atoms with Crippen LogP contribution >= 0.6 is 11.3 Å². The molecule has 0 saturated carbocycles. The lowest BCUT2D eigenvalue weighted by molar-refractivity contribution is 0.0702. The van der Waals surface area contributed by atoms with Gasteiger partial charge in [-0.3, -0.25) is 4.79 Å². The van der Waals surface area contributed by atoms with Crippen molar-refractivity contribution >= 4 is 27.5 Å². The second-order valence-electron chi connectivity index (χ2n) is 7.53. The molecule has 0 bridgehead atoms. The van der Waals surface area contributed by atoms with Crippen LogP contribution in [0.25, 0.3) is 21.5 Å². The van der Waals surface area contributed by atoms with Crippen molar-refractivity contribution in [3.8, 4) is 11.3 Å². The Kier molecular flexibility index (Phi) is 4.64. The van der Waals surface area contributed by atoms with Gasteiger partial charge in [0.05, 0.1) is 15.2 Å². The minimum atomic E-state index is -0.0603. The molecule has 0 unspecified atom stereocenters. The monoisotopic (exact) mass is 403 g/mol. The predicted molar refractivity (Wildman–Crippen MR) is 114 cm³/mol. The van der Waals surface area contributed by atoms with Gasteiger partial charge in [0, 0.05) is 30.6 Å². The Morgan fingerprint density at radius 2 is 1.86 bits per heavy atom. The number of aryl methyl sites for hydroxylation is 1. The van der Waals surface area contributed by atoms with Crippen LogP contribution in [0, 0.1) is 6.92 Å². The fourth-order valence-electron chi connectivity index (χ4n) is 3.79. The van der Waals surface area contributed by atoms with Gasteiger partial charge in [0.2, 0.25) is 0 Å². The van der Waals surface area contributed by atoms with Gasteiger partial charge in [-0.2, -0.15) is 0 Å². The smallest absolute Gasteiger partial charge is 0.276 e. The molecule has 1 amide bonds. The summed E-state index contributed by atoms with van der Waals surface area (Å²) in [6.07, 6.45) is 1.85. The molecule has 5 nitrogen and oxygen atoms in total. The summed E-state index contributed by atoms with van der Waals surface area (Å²) in [6.45, 7) is 3.47. The third-order valence-corrected chi connectivity index (χ3v) is 6.71. The van der Waals surface area contributed by atoms with Crippen molar-refractivity contribution in [1.82, 2.24) is 15.0 Å². The molecule has 0 spiro atoms. The van der Waals surface area contributed by atoms with Gasteiger partial charge in [0.25, 0.3) is 5.91 Å². The lowest BCUT2D eigenvalue weighted by Crippen LogP contribution is -2.38. The van der Waals surface area contributed by atoms with Gasteiger partial charge in [0.1, 0.15) is 0 Å². The fraction of sp³-hybridized carbons (Fsp3) is 0.261. The van der Waals surface area contributed by atoms with Crippen LogP contribution in [-0.4, -0.2) is 34.0 Å². The largest absolute Gasteiger partial charge is 0.355 e. The maximum atomic E-state index is 12.9. The second kappa shape index (κ2) is 7.44. The van der Waals surface area contributed by atoms with Crippen LogP contribution in [0.4, 0.5) is 0 Å². The van der Waals surface area contributed by atoms with Gasteiger partial charge >= 0.3 is 0 Å². The SMILES string of the molecule is Cc1ccc(-c2cc(C(=O)N3CCC(c4nc5ccccc5s4)CC3)no2)cc1. The molecule has 1 saturated heterocycles. The number of likely N-dealkylation sites (tertiary alicyclic amines) is 1. The normalized spacial score (nSPS) is 15.1. The van der Waals surface area contributed by atoms with Crippen LogP contribution in [-0.2, 0) is 0 Å². The molecule has 146 valence electrons. The highest BCUT2D eigenvalue weighted by atomic mass is 32.1. The van der Waals surface area contributed by atoms with Crippen LogP contribution in [0.2, 0.25) is 0 Å². The standard InChI is InChI=1S/C23H21N3O2S/c1-15-6-8-16(9-7-15)20-14-19(25-28-20)23(27)26-12-10-17(11-13-26)22-24-18-4-2-3-5-21(18)29-22/h2-9,14,17H,10-13H2,1H3. The number of amides is 1. The van der Waals surface area contributed by atoms with E-state index in [1.165, 1.54) is 15.3 Å².